The molecule has 0 spiro atoms. The molecule has 0 radical (unpaired) electrons. The molecule has 3 saturated carbocycles. The van der Waals surface area contributed by atoms with Crippen LogP contribution in [0.1, 0.15) is 46.5 Å². The maximum absolute atomic E-state index is 11.7. The molecule has 0 aliphatic heterocycles. The molecule has 0 aromatic carbocycles. The van der Waals surface area contributed by atoms with Crippen LogP contribution >= 0.6 is 0 Å². The predicted octanol–water partition coefficient (Wildman–Crippen LogP) is 2.06. The van der Waals surface area contributed by atoms with E-state index in [1.807, 2.05) is 20.8 Å². The highest BCUT2D eigenvalue weighted by Gasteiger charge is 2.72. The summed E-state index contributed by atoms with van der Waals surface area (Å²) in [6.07, 6.45) is 2.78. The van der Waals surface area contributed by atoms with Crippen LogP contribution in [0.2, 0.25) is 0 Å². The van der Waals surface area contributed by atoms with Crippen molar-refractivity contribution in [2.75, 3.05) is 7.11 Å². The Hall–Kier alpha value is -1.06. The third-order valence-electron chi connectivity index (χ3n) is 3.70. The molecule has 0 atom stereocenters. The van der Waals surface area contributed by atoms with Crippen molar-refractivity contribution >= 4 is 11.9 Å². The summed E-state index contributed by atoms with van der Waals surface area (Å²) >= 11 is 0. The lowest BCUT2D eigenvalue weighted by Gasteiger charge is -2.68. The Morgan fingerprint density at radius 1 is 1.18 bits per heavy atom. The summed E-state index contributed by atoms with van der Waals surface area (Å²) in [6, 6.07) is 0. The molecule has 4 heteroatoms. The Bertz CT molecular complexity index is 344. The first-order chi connectivity index (χ1) is 7.70. The van der Waals surface area contributed by atoms with Crippen LogP contribution in [0.5, 0.6) is 0 Å². The van der Waals surface area contributed by atoms with Crippen LogP contribution < -0.4 is 0 Å². The number of esters is 2. The molecule has 0 heterocycles. The second kappa shape index (κ2) is 3.47. The average Bonchev–Trinajstić information content (AvgIpc) is 2.04. The molecule has 3 fully saturated rings. The van der Waals surface area contributed by atoms with E-state index >= 15 is 0 Å². The first-order valence-electron chi connectivity index (χ1n) is 6.01. The summed E-state index contributed by atoms with van der Waals surface area (Å²) in [5.41, 5.74) is -0.673. The van der Waals surface area contributed by atoms with Gasteiger partial charge in [0.05, 0.1) is 18.9 Å². The fourth-order valence-electron chi connectivity index (χ4n) is 3.30. The van der Waals surface area contributed by atoms with Gasteiger partial charge < -0.3 is 9.47 Å². The molecule has 0 unspecified atom stereocenters. The highest BCUT2D eigenvalue weighted by atomic mass is 16.6. The lowest BCUT2D eigenvalue weighted by atomic mass is 9.34. The molecule has 0 aromatic heterocycles. The number of hydrogen-bond acceptors (Lipinski definition) is 4. The van der Waals surface area contributed by atoms with Gasteiger partial charge in [-0.05, 0) is 45.4 Å². The van der Waals surface area contributed by atoms with Gasteiger partial charge in [-0.25, -0.2) is 0 Å². The third-order valence-corrected chi connectivity index (χ3v) is 3.70. The zero-order chi connectivity index (χ0) is 12.9. The number of rotatable bonds is 3. The van der Waals surface area contributed by atoms with Crippen LogP contribution in [0.15, 0.2) is 0 Å². The molecule has 2 bridgehead atoms. The standard InChI is InChI=1S/C13H20O4/c1-11(2,3)17-9(14)5-12-6-13(7-12,8-12)10(15)16-4/h5-8H2,1-4H3. The number of carbonyl (C=O) groups excluding carboxylic acids is 2. The fourth-order valence-corrected chi connectivity index (χ4v) is 3.30. The average molecular weight is 240 g/mol. The van der Waals surface area contributed by atoms with E-state index in [9.17, 15) is 9.59 Å². The molecule has 0 N–H and O–H groups in total. The fraction of sp³-hybridized carbons (Fsp3) is 0.846. The number of methoxy groups -OCH3 is 1. The summed E-state index contributed by atoms with van der Waals surface area (Å²) < 4.78 is 10.1. The van der Waals surface area contributed by atoms with Crippen molar-refractivity contribution in [3.63, 3.8) is 0 Å². The molecule has 0 amide bonds. The lowest BCUT2D eigenvalue weighted by molar-refractivity contribution is -0.231. The minimum absolute atomic E-state index is 0.0243. The maximum atomic E-state index is 11.7. The lowest BCUT2D eigenvalue weighted by Crippen LogP contribution is -2.66. The van der Waals surface area contributed by atoms with Gasteiger partial charge in [-0.15, -0.1) is 0 Å². The number of ether oxygens (including phenoxy) is 2. The molecule has 3 aliphatic rings. The number of carbonyl (C=O) groups is 2. The quantitative estimate of drug-likeness (QED) is 0.708. The largest absolute Gasteiger partial charge is 0.469 e. The van der Waals surface area contributed by atoms with Gasteiger partial charge in [0.2, 0.25) is 0 Å². The van der Waals surface area contributed by atoms with E-state index in [-0.39, 0.29) is 22.8 Å². The molecule has 3 rings (SSSR count). The second-order valence-electron chi connectivity index (χ2n) is 6.57. The molecular weight excluding hydrogens is 220 g/mol. The van der Waals surface area contributed by atoms with Crippen molar-refractivity contribution in [2.24, 2.45) is 10.8 Å². The molecule has 96 valence electrons. The zero-order valence-electron chi connectivity index (χ0n) is 11.0. The Balaban J connectivity index is 1.82. The zero-order valence-corrected chi connectivity index (χ0v) is 11.0. The van der Waals surface area contributed by atoms with Gasteiger partial charge >= 0.3 is 11.9 Å². The predicted molar refractivity (Wildman–Crippen MR) is 61.2 cm³/mol. The van der Waals surface area contributed by atoms with Crippen LogP contribution in [0.4, 0.5) is 0 Å². The smallest absolute Gasteiger partial charge is 0.311 e. The monoisotopic (exact) mass is 240 g/mol. The van der Waals surface area contributed by atoms with E-state index in [2.05, 4.69) is 0 Å². The molecule has 4 nitrogen and oxygen atoms in total. The Kier molecular flexibility index (Phi) is 2.53. The van der Waals surface area contributed by atoms with Gasteiger partial charge in [0, 0.05) is 0 Å². The van der Waals surface area contributed by atoms with E-state index in [0.29, 0.717) is 6.42 Å². The van der Waals surface area contributed by atoms with Gasteiger partial charge in [0.25, 0.3) is 0 Å². The van der Waals surface area contributed by atoms with Crippen LogP contribution in [-0.2, 0) is 19.1 Å². The first kappa shape index (κ1) is 12.4. The van der Waals surface area contributed by atoms with Crippen molar-refractivity contribution in [3.8, 4) is 0 Å². The summed E-state index contributed by atoms with van der Waals surface area (Å²) in [4.78, 5) is 23.2. The van der Waals surface area contributed by atoms with Crippen LogP contribution in [-0.4, -0.2) is 24.6 Å². The third kappa shape index (κ3) is 2.05. The molecule has 17 heavy (non-hydrogen) atoms. The van der Waals surface area contributed by atoms with Crippen molar-refractivity contribution in [1.82, 2.24) is 0 Å². The minimum atomic E-state index is -0.430. The van der Waals surface area contributed by atoms with Gasteiger partial charge in [0.1, 0.15) is 5.60 Å². The van der Waals surface area contributed by atoms with Crippen LogP contribution in [0.25, 0.3) is 0 Å². The first-order valence-corrected chi connectivity index (χ1v) is 6.01. The highest BCUT2D eigenvalue weighted by molar-refractivity contribution is 5.82. The molecular formula is C13H20O4. The summed E-state index contributed by atoms with van der Waals surface area (Å²) in [5, 5.41) is 0. The van der Waals surface area contributed by atoms with E-state index in [4.69, 9.17) is 9.47 Å². The van der Waals surface area contributed by atoms with Gasteiger partial charge in [0.15, 0.2) is 0 Å². The van der Waals surface area contributed by atoms with Crippen molar-refractivity contribution < 1.29 is 19.1 Å². The van der Waals surface area contributed by atoms with Gasteiger partial charge in [-0.1, -0.05) is 0 Å². The van der Waals surface area contributed by atoms with E-state index in [0.717, 1.165) is 19.3 Å². The van der Waals surface area contributed by atoms with Crippen molar-refractivity contribution in [2.45, 2.75) is 52.1 Å². The van der Waals surface area contributed by atoms with Crippen molar-refractivity contribution in [1.29, 1.82) is 0 Å². The Labute approximate surface area is 102 Å². The maximum Gasteiger partial charge on any atom is 0.311 e. The Morgan fingerprint density at radius 2 is 1.71 bits per heavy atom. The number of hydrogen-bond donors (Lipinski definition) is 0. The van der Waals surface area contributed by atoms with E-state index in [1.165, 1.54) is 7.11 Å². The highest BCUT2D eigenvalue weighted by Crippen LogP contribution is 2.75. The van der Waals surface area contributed by atoms with Crippen LogP contribution in [0, 0.1) is 10.8 Å². The summed E-state index contributed by atoms with van der Waals surface area (Å²) in [6.45, 7) is 5.59. The summed E-state index contributed by atoms with van der Waals surface area (Å²) in [7, 11) is 1.42. The molecule has 0 aromatic rings. The second-order valence-corrected chi connectivity index (χ2v) is 6.57. The van der Waals surface area contributed by atoms with E-state index < -0.39 is 5.60 Å². The summed E-state index contributed by atoms with van der Waals surface area (Å²) in [5.74, 6) is -0.278. The van der Waals surface area contributed by atoms with Gasteiger partial charge in [-0.2, -0.15) is 0 Å². The minimum Gasteiger partial charge on any atom is -0.469 e. The van der Waals surface area contributed by atoms with E-state index in [1.54, 1.807) is 0 Å². The SMILES string of the molecule is COC(=O)C12CC(CC(=O)OC(C)(C)C)(C1)C2. The molecule has 3 aliphatic carbocycles. The topological polar surface area (TPSA) is 52.6 Å². The molecule has 0 saturated heterocycles. The van der Waals surface area contributed by atoms with Crippen LogP contribution in [0.3, 0.4) is 0 Å². The normalized spacial score (nSPS) is 34.4. The van der Waals surface area contributed by atoms with Crippen molar-refractivity contribution in [3.05, 3.63) is 0 Å². The van der Waals surface area contributed by atoms with Gasteiger partial charge in [-0.3, -0.25) is 9.59 Å². The Morgan fingerprint density at radius 3 is 2.12 bits per heavy atom.